The molecule has 0 atom stereocenters. The third kappa shape index (κ3) is 6.44. The number of carbonyl (C=O) groups excluding carboxylic acids is 2. The molecular weight excluding hydrogens is 446 g/mol. The second-order valence-corrected chi connectivity index (χ2v) is 10.6. The van der Waals surface area contributed by atoms with E-state index in [1.54, 1.807) is 22.3 Å². The van der Waals surface area contributed by atoms with Crippen molar-refractivity contribution in [2.24, 2.45) is 5.73 Å². The molecule has 0 radical (unpaired) electrons. The van der Waals surface area contributed by atoms with Crippen LogP contribution in [-0.2, 0) is 22.5 Å². The molecule has 1 aliphatic heterocycles. The summed E-state index contributed by atoms with van der Waals surface area (Å²) < 4.78 is 5.54. The maximum absolute atomic E-state index is 12.5. The highest BCUT2D eigenvalue weighted by atomic mass is 32.1. The Hall–Kier alpha value is -3.19. The second kappa shape index (κ2) is 10.4. The van der Waals surface area contributed by atoms with E-state index in [0.29, 0.717) is 18.7 Å². The zero-order valence-electron chi connectivity index (χ0n) is 20.6. The van der Waals surface area contributed by atoms with Crippen molar-refractivity contribution in [1.82, 2.24) is 9.88 Å². The zero-order valence-corrected chi connectivity index (χ0v) is 21.4. The predicted molar refractivity (Wildman–Crippen MR) is 138 cm³/mol. The number of hydrogen-bond acceptors (Lipinski definition) is 5. The van der Waals surface area contributed by atoms with Crippen LogP contribution < -0.4 is 5.73 Å². The van der Waals surface area contributed by atoms with Gasteiger partial charge in [0.25, 0.3) is 0 Å². The van der Waals surface area contributed by atoms with Crippen LogP contribution in [0.25, 0.3) is 16.1 Å². The summed E-state index contributed by atoms with van der Waals surface area (Å²) in [6.07, 6.45) is 6.29. The normalized spacial score (nSPS) is 14.3. The lowest BCUT2D eigenvalue weighted by Crippen LogP contribution is -2.39. The minimum absolute atomic E-state index is 0.151. The van der Waals surface area contributed by atoms with Crippen molar-refractivity contribution in [2.75, 3.05) is 6.54 Å². The van der Waals surface area contributed by atoms with Crippen LogP contribution in [0.3, 0.4) is 0 Å². The highest BCUT2D eigenvalue weighted by molar-refractivity contribution is 7.15. The van der Waals surface area contributed by atoms with Crippen LogP contribution >= 0.6 is 11.3 Å². The first kappa shape index (κ1) is 25.4. The maximum atomic E-state index is 12.5. The maximum Gasteiger partial charge on any atom is 0.410 e. The fourth-order valence-electron chi connectivity index (χ4n) is 3.79. The molecule has 0 saturated carbocycles. The van der Waals surface area contributed by atoms with Crippen molar-refractivity contribution in [3.8, 4) is 10.6 Å². The van der Waals surface area contributed by atoms with Gasteiger partial charge in [-0.05, 0) is 56.9 Å². The monoisotopic (exact) mass is 479 g/mol. The van der Waals surface area contributed by atoms with Crippen molar-refractivity contribution < 1.29 is 14.3 Å². The smallest absolute Gasteiger partial charge is 0.410 e. The van der Waals surface area contributed by atoms with Crippen LogP contribution in [0.2, 0.25) is 0 Å². The number of fused-ring (bicyclic) bond motifs is 1. The first-order chi connectivity index (χ1) is 15.9. The minimum atomic E-state index is -0.510. The Morgan fingerprint density at radius 2 is 2.06 bits per heavy atom. The third-order valence-electron chi connectivity index (χ3n) is 5.45. The van der Waals surface area contributed by atoms with E-state index < -0.39 is 5.60 Å². The van der Waals surface area contributed by atoms with Gasteiger partial charge in [0.05, 0.1) is 18.7 Å². The average Bonchev–Trinajstić information content (AvgIpc) is 3.15. The molecular formula is C27H33N3O3S. The van der Waals surface area contributed by atoms with Crippen LogP contribution in [0.5, 0.6) is 0 Å². The molecule has 180 valence electrons. The van der Waals surface area contributed by atoms with Crippen LogP contribution in [-0.4, -0.2) is 34.0 Å². The highest BCUT2D eigenvalue weighted by Gasteiger charge is 2.28. The van der Waals surface area contributed by atoms with Gasteiger partial charge in [0, 0.05) is 23.4 Å². The van der Waals surface area contributed by atoms with Crippen LogP contribution in [0.1, 0.15) is 55.8 Å². The number of amides is 2. The van der Waals surface area contributed by atoms with Gasteiger partial charge in [-0.2, -0.15) is 0 Å². The number of carbonyl (C=O) groups is 2. The number of nitrogens with zero attached hydrogens (tertiary/aromatic N) is 2. The molecule has 0 aliphatic carbocycles. The van der Waals surface area contributed by atoms with Gasteiger partial charge in [-0.25, -0.2) is 9.78 Å². The number of allylic oxidation sites excluding steroid dienone is 4. The van der Waals surface area contributed by atoms with E-state index in [-0.39, 0.29) is 18.4 Å². The fourth-order valence-corrected chi connectivity index (χ4v) is 4.99. The summed E-state index contributed by atoms with van der Waals surface area (Å²) >= 11 is 1.64. The average molecular weight is 480 g/mol. The molecule has 2 N–H and O–H groups in total. The van der Waals surface area contributed by atoms with Gasteiger partial charge in [-0.15, -0.1) is 11.3 Å². The van der Waals surface area contributed by atoms with E-state index in [1.807, 2.05) is 39.0 Å². The van der Waals surface area contributed by atoms with Gasteiger partial charge in [-0.3, -0.25) is 4.79 Å². The first-order valence-electron chi connectivity index (χ1n) is 11.3. The summed E-state index contributed by atoms with van der Waals surface area (Å²) in [7, 11) is 0. The quantitative estimate of drug-likeness (QED) is 0.530. The number of nitrogens with two attached hydrogens (primary N) is 1. The van der Waals surface area contributed by atoms with Gasteiger partial charge >= 0.3 is 6.09 Å². The van der Waals surface area contributed by atoms with Crippen molar-refractivity contribution in [3.05, 3.63) is 70.3 Å². The molecule has 7 heteroatoms. The first-order valence-corrected chi connectivity index (χ1v) is 12.1. The number of hydrogen-bond donors (Lipinski definition) is 1. The molecule has 34 heavy (non-hydrogen) atoms. The number of benzene rings is 1. The van der Waals surface area contributed by atoms with Gasteiger partial charge in [0.1, 0.15) is 10.6 Å². The van der Waals surface area contributed by atoms with Gasteiger partial charge in [0.2, 0.25) is 5.91 Å². The Bertz CT molecular complexity index is 1170. The summed E-state index contributed by atoms with van der Waals surface area (Å²) in [5.74, 6) is -0.390. The summed E-state index contributed by atoms with van der Waals surface area (Å²) in [5, 5.41) is 0.966. The Kier molecular flexibility index (Phi) is 7.77. The van der Waals surface area contributed by atoms with Crippen LogP contribution in [0.4, 0.5) is 4.79 Å². The fraction of sp³-hybridized carbons (Fsp3) is 0.370. The Balaban J connectivity index is 1.80. The summed E-state index contributed by atoms with van der Waals surface area (Å²) in [5.41, 5.74) is 10.9. The molecule has 0 fully saturated rings. The van der Waals surface area contributed by atoms with E-state index in [4.69, 9.17) is 15.5 Å². The minimum Gasteiger partial charge on any atom is -0.444 e. The van der Waals surface area contributed by atoms with E-state index in [1.165, 1.54) is 0 Å². The van der Waals surface area contributed by atoms with E-state index in [0.717, 1.165) is 44.3 Å². The molecule has 2 aromatic rings. The zero-order chi connectivity index (χ0) is 25.0. The number of primary amides is 1. The molecule has 1 aromatic heterocycles. The molecule has 0 spiro atoms. The molecule has 0 bridgehead atoms. The largest absolute Gasteiger partial charge is 0.444 e. The van der Waals surface area contributed by atoms with Crippen molar-refractivity contribution in [3.63, 3.8) is 0 Å². The lowest BCUT2D eigenvalue weighted by Gasteiger charge is -2.29. The second-order valence-electron chi connectivity index (χ2n) is 9.53. The van der Waals surface area contributed by atoms with E-state index in [9.17, 15) is 9.59 Å². The summed E-state index contributed by atoms with van der Waals surface area (Å²) in [6.45, 7) is 14.8. The lowest BCUT2D eigenvalue weighted by atomic mass is 9.97. The Morgan fingerprint density at radius 3 is 2.74 bits per heavy atom. The highest BCUT2D eigenvalue weighted by Crippen LogP contribution is 2.35. The topological polar surface area (TPSA) is 85.5 Å². The summed E-state index contributed by atoms with van der Waals surface area (Å²) in [4.78, 5) is 31.3. The number of aromatic nitrogens is 1. The standard InChI is InChI=1S/C27H33N3O3S/c1-17(15-24(28)31)9-7-10-18(2)20-11-8-12-21(19(20)3)25-29-22-13-14-30(16-23(22)34-25)26(32)33-27(4,5)6/h7-12H,1,13-16H2,2-6H3,(H2,28,31)/b9-7-,18-10+. The Labute approximate surface area is 205 Å². The van der Waals surface area contributed by atoms with Gasteiger partial charge in [-0.1, -0.05) is 43.0 Å². The third-order valence-corrected chi connectivity index (χ3v) is 6.57. The molecule has 0 unspecified atom stereocenters. The van der Waals surface area contributed by atoms with E-state index in [2.05, 4.69) is 32.6 Å². The molecule has 0 saturated heterocycles. The molecule has 6 nitrogen and oxygen atoms in total. The van der Waals surface area contributed by atoms with Crippen LogP contribution in [0.15, 0.2) is 48.6 Å². The van der Waals surface area contributed by atoms with Gasteiger partial charge < -0.3 is 15.4 Å². The van der Waals surface area contributed by atoms with E-state index >= 15 is 0 Å². The predicted octanol–water partition coefficient (Wildman–Crippen LogP) is 5.80. The molecule has 2 heterocycles. The number of ether oxygens (including phenoxy) is 1. The van der Waals surface area contributed by atoms with Crippen molar-refractivity contribution in [1.29, 1.82) is 0 Å². The van der Waals surface area contributed by atoms with Gasteiger partial charge in [0.15, 0.2) is 0 Å². The van der Waals surface area contributed by atoms with Crippen LogP contribution in [0, 0.1) is 6.92 Å². The molecule has 1 aliphatic rings. The Morgan fingerprint density at radius 1 is 1.32 bits per heavy atom. The number of rotatable bonds is 6. The summed E-state index contributed by atoms with van der Waals surface area (Å²) in [6, 6.07) is 6.22. The van der Waals surface area contributed by atoms with Crippen molar-refractivity contribution >= 4 is 28.9 Å². The lowest BCUT2D eigenvalue weighted by molar-refractivity contribution is -0.117. The molecule has 3 rings (SSSR count). The SMILES string of the molecule is C=C(/C=C\C=C(/C)c1cccc(-c2nc3c(s2)CN(C(=O)OC(C)(C)C)CC3)c1C)CC(N)=O. The van der Waals surface area contributed by atoms with Crippen molar-refractivity contribution in [2.45, 2.75) is 59.6 Å². The molecule has 1 aromatic carbocycles. The molecule has 2 amide bonds. The number of thiazole rings is 1.